The van der Waals surface area contributed by atoms with Crippen molar-refractivity contribution in [3.63, 3.8) is 0 Å². The minimum Gasteiger partial charge on any atom is -0.487 e. The molecule has 1 aliphatic heterocycles. The van der Waals surface area contributed by atoms with Gasteiger partial charge in [-0.15, -0.1) is 0 Å². The van der Waals surface area contributed by atoms with E-state index in [1.54, 1.807) is 0 Å². The zero-order valence-corrected chi connectivity index (χ0v) is 22.4. The van der Waals surface area contributed by atoms with E-state index in [9.17, 15) is 0 Å². The molecule has 0 amide bonds. The van der Waals surface area contributed by atoms with Crippen molar-refractivity contribution in [2.24, 2.45) is 0 Å². The number of hydrogen-bond acceptors (Lipinski definition) is 7. The Labute approximate surface area is 221 Å². The second-order valence-corrected chi connectivity index (χ2v) is 10.8. The van der Waals surface area contributed by atoms with Crippen LogP contribution >= 0.6 is 11.6 Å². The van der Waals surface area contributed by atoms with Gasteiger partial charge in [-0.05, 0) is 70.8 Å². The quantitative estimate of drug-likeness (QED) is 0.323. The second-order valence-electron chi connectivity index (χ2n) is 10.4. The lowest BCUT2D eigenvalue weighted by molar-refractivity contribution is 0.246. The minimum atomic E-state index is 0.163. The highest BCUT2D eigenvalue weighted by atomic mass is 35.5. The van der Waals surface area contributed by atoms with E-state index in [0.717, 1.165) is 89.6 Å². The number of hydrogen-bond donors (Lipinski definition) is 1. The molecule has 2 aliphatic rings. The standard InChI is InChI=1S/C28H33ClN6O2/c1-17-7-10-22-20(16-30-33-22)23(17)24-21(29)15-19-25(26(24)37-18-8-9-18)31-28(36-14-13-34(2)3)32-27(19)35-11-5-4-6-12-35/h7,10,15-16,18H,4-6,8-9,11-14H2,1-3H3,(H,30,33). The Balaban J connectivity index is 1.60. The minimum absolute atomic E-state index is 0.163. The van der Waals surface area contributed by atoms with E-state index < -0.39 is 0 Å². The average molecular weight is 521 g/mol. The number of H-pyrrole nitrogens is 1. The third-order valence-electron chi connectivity index (χ3n) is 7.17. The molecule has 194 valence electrons. The predicted octanol–water partition coefficient (Wildman–Crippen LogP) is 5.61. The van der Waals surface area contributed by atoms with Gasteiger partial charge in [0, 0.05) is 41.5 Å². The number of fused-ring (bicyclic) bond motifs is 2. The normalized spacial score (nSPS) is 16.2. The zero-order chi connectivity index (χ0) is 25.5. The van der Waals surface area contributed by atoms with Crippen LogP contribution in [0.4, 0.5) is 5.82 Å². The van der Waals surface area contributed by atoms with E-state index in [1.807, 2.05) is 32.4 Å². The van der Waals surface area contributed by atoms with Crippen molar-refractivity contribution in [1.82, 2.24) is 25.1 Å². The van der Waals surface area contributed by atoms with Gasteiger partial charge >= 0.3 is 6.01 Å². The summed E-state index contributed by atoms with van der Waals surface area (Å²) in [4.78, 5) is 14.3. The lowest BCUT2D eigenvalue weighted by atomic mass is 9.94. The molecular weight excluding hydrogens is 488 g/mol. The van der Waals surface area contributed by atoms with Crippen LogP contribution in [0.25, 0.3) is 32.9 Å². The maximum atomic E-state index is 7.13. The Bertz CT molecular complexity index is 1440. The number of rotatable bonds is 8. The molecule has 9 heteroatoms. The molecule has 1 aliphatic carbocycles. The fourth-order valence-corrected chi connectivity index (χ4v) is 5.35. The number of likely N-dealkylation sites (N-methyl/N-ethyl adjacent to an activating group) is 1. The highest BCUT2D eigenvalue weighted by Crippen LogP contribution is 2.48. The number of benzene rings is 2. The van der Waals surface area contributed by atoms with Crippen molar-refractivity contribution >= 4 is 39.2 Å². The molecule has 2 aromatic carbocycles. The summed E-state index contributed by atoms with van der Waals surface area (Å²) in [5, 5.41) is 9.93. The fourth-order valence-electron chi connectivity index (χ4n) is 5.06. The van der Waals surface area contributed by atoms with Gasteiger partial charge in [0.15, 0.2) is 5.75 Å². The Kier molecular flexibility index (Phi) is 6.55. The number of piperidine rings is 1. The van der Waals surface area contributed by atoms with Gasteiger partial charge in [-0.25, -0.2) is 0 Å². The second kappa shape index (κ2) is 9.99. The van der Waals surface area contributed by atoms with E-state index in [1.165, 1.54) is 6.42 Å². The van der Waals surface area contributed by atoms with E-state index in [0.29, 0.717) is 23.4 Å². The molecule has 37 heavy (non-hydrogen) atoms. The molecule has 0 atom stereocenters. The number of nitrogens with one attached hydrogen (secondary N) is 1. The van der Waals surface area contributed by atoms with Crippen molar-refractivity contribution in [2.45, 2.75) is 45.1 Å². The molecule has 0 unspecified atom stereocenters. The van der Waals surface area contributed by atoms with Crippen molar-refractivity contribution in [3.05, 3.63) is 35.0 Å². The molecule has 2 fully saturated rings. The van der Waals surface area contributed by atoms with Crippen LogP contribution in [-0.4, -0.2) is 71.5 Å². The fraction of sp³-hybridized carbons (Fsp3) is 0.464. The van der Waals surface area contributed by atoms with E-state index in [4.69, 9.17) is 31.0 Å². The zero-order valence-electron chi connectivity index (χ0n) is 21.7. The summed E-state index contributed by atoms with van der Waals surface area (Å²) in [6.07, 6.45) is 7.59. The van der Waals surface area contributed by atoms with Gasteiger partial charge < -0.3 is 19.3 Å². The summed E-state index contributed by atoms with van der Waals surface area (Å²) in [6, 6.07) is 6.52. The molecule has 1 N–H and O–H groups in total. The number of aryl methyl sites for hydroxylation is 1. The van der Waals surface area contributed by atoms with Crippen LogP contribution < -0.4 is 14.4 Å². The SMILES string of the molecule is Cc1ccc2[nH]ncc2c1-c1c(Cl)cc2c(N3CCCCC3)nc(OCCN(C)C)nc2c1OC1CC1. The first-order chi connectivity index (χ1) is 18.0. The van der Waals surface area contributed by atoms with E-state index in [-0.39, 0.29) is 6.10 Å². The van der Waals surface area contributed by atoms with Crippen LogP contribution in [-0.2, 0) is 0 Å². The summed E-state index contributed by atoms with van der Waals surface area (Å²) >= 11 is 7.13. The number of ether oxygens (including phenoxy) is 2. The van der Waals surface area contributed by atoms with Crippen LogP contribution in [0, 0.1) is 6.92 Å². The topological polar surface area (TPSA) is 79.4 Å². The first-order valence-corrected chi connectivity index (χ1v) is 13.5. The Morgan fingerprint density at radius 2 is 1.89 bits per heavy atom. The van der Waals surface area contributed by atoms with Gasteiger partial charge in [0.25, 0.3) is 0 Å². The first kappa shape index (κ1) is 24.2. The highest BCUT2D eigenvalue weighted by molar-refractivity contribution is 6.35. The van der Waals surface area contributed by atoms with Crippen molar-refractivity contribution in [1.29, 1.82) is 0 Å². The van der Waals surface area contributed by atoms with Gasteiger partial charge in [-0.3, -0.25) is 5.10 Å². The van der Waals surface area contributed by atoms with Gasteiger partial charge in [-0.1, -0.05) is 17.7 Å². The van der Waals surface area contributed by atoms with Gasteiger partial charge in [0.05, 0.1) is 22.8 Å². The Morgan fingerprint density at radius 3 is 2.65 bits per heavy atom. The summed E-state index contributed by atoms with van der Waals surface area (Å²) in [5.74, 6) is 1.58. The number of aromatic nitrogens is 4. The molecule has 4 aromatic rings. The number of anilines is 1. The van der Waals surface area contributed by atoms with Crippen LogP contribution in [0.1, 0.15) is 37.7 Å². The Morgan fingerprint density at radius 1 is 1.08 bits per heavy atom. The van der Waals surface area contributed by atoms with Gasteiger partial charge in [0.1, 0.15) is 17.9 Å². The summed E-state index contributed by atoms with van der Waals surface area (Å²) in [7, 11) is 4.05. The largest absolute Gasteiger partial charge is 0.487 e. The average Bonchev–Trinajstić information content (AvgIpc) is 3.58. The van der Waals surface area contributed by atoms with Crippen LogP contribution in [0.5, 0.6) is 11.8 Å². The lowest BCUT2D eigenvalue weighted by Crippen LogP contribution is -2.30. The molecule has 0 bridgehead atoms. The molecule has 1 saturated carbocycles. The highest BCUT2D eigenvalue weighted by Gasteiger charge is 2.30. The summed E-state index contributed by atoms with van der Waals surface area (Å²) in [6.45, 7) is 5.28. The summed E-state index contributed by atoms with van der Waals surface area (Å²) < 4.78 is 12.7. The maximum absolute atomic E-state index is 7.13. The van der Waals surface area contributed by atoms with E-state index in [2.05, 4.69) is 33.0 Å². The molecule has 6 rings (SSSR count). The molecule has 0 spiro atoms. The van der Waals surface area contributed by atoms with E-state index >= 15 is 0 Å². The number of halogens is 1. The maximum Gasteiger partial charge on any atom is 0.319 e. The monoisotopic (exact) mass is 520 g/mol. The number of nitrogens with zero attached hydrogens (tertiary/aromatic N) is 5. The van der Waals surface area contributed by atoms with Crippen molar-refractivity contribution in [2.75, 3.05) is 45.2 Å². The molecule has 2 aromatic heterocycles. The molecular formula is C28H33ClN6O2. The lowest BCUT2D eigenvalue weighted by Gasteiger charge is -2.29. The summed E-state index contributed by atoms with van der Waals surface area (Å²) in [5.41, 5.74) is 4.68. The van der Waals surface area contributed by atoms with Gasteiger partial charge in [-0.2, -0.15) is 15.1 Å². The Hall–Kier alpha value is -3.10. The third kappa shape index (κ3) is 4.80. The smallest absolute Gasteiger partial charge is 0.319 e. The van der Waals surface area contributed by atoms with Gasteiger partial charge in [0.2, 0.25) is 0 Å². The third-order valence-corrected chi connectivity index (χ3v) is 7.47. The molecule has 0 radical (unpaired) electrons. The van der Waals surface area contributed by atoms with Crippen molar-refractivity contribution in [3.8, 4) is 22.9 Å². The van der Waals surface area contributed by atoms with Crippen molar-refractivity contribution < 1.29 is 9.47 Å². The molecule has 3 heterocycles. The first-order valence-electron chi connectivity index (χ1n) is 13.2. The van der Waals surface area contributed by atoms with Crippen LogP contribution in [0.2, 0.25) is 5.02 Å². The molecule has 8 nitrogen and oxygen atoms in total. The molecule has 1 saturated heterocycles. The van der Waals surface area contributed by atoms with Crippen LogP contribution in [0.15, 0.2) is 24.4 Å². The number of aromatic amines is 1. The van der Waals surface area contributed by atoms with Crippen LogP contribution in [0.3, 0.4) is 0 Å². The predicted molar refractivity (Wildman–Crippen MR) is 148 cm³/mol.